The highest BCUT2D eigenvalue weighted by molar-refractivity contribution is 7.92. The summed E-state index contributed by atoms with van der Waals surface area (Å²) in [5.74, 6) is 1.40. The molecule has 0 aliphatic rings. The summed E-state index contributed by atoms with van der Waals surface area (Å²) in [7, 11) is 1.84. The van der Waals surface area contributed by atoms with E-state index in [1.165, 1.54) is 6.07 Å². The van der Waals surface area contributed by atoms with E-state index in [1.807, 2.05) is 14.1 Å². The van der Waals surface area contributed by atoms with Crippen LogP contribution in [0.5, 0.6) is 5.75 Å². The molecule has 0 atom stereocenters. The molecule has 9 heteroatoms. The fraction of sp³-hybridized carbons (Fsp3) is 0.412. The number of hydrogen-bond donors (Lipinski definition) is 2. The zero-order valence-corrected chi connectivity index (χ0v) is 16.3. The van der Waals surface area contributed by atoms with E-state index in [4.69, 9.17) is 4.74 Å². The van der Waals surface area contributed by atoms with E-state index in [1.54, 1.807) is 38.3 Å². The maximum atomic E-state index is 12.5. The van der Waals surface area contributed by atoms with Gasteiger partial charge in [-0.25, -0.2) is 8.42 Å². The lowest BCUT2D eigenvalue weighted by Gasteiger charge is -2.11. The van der Waals surface area contributed by atoms with Crippen LogP contribution < -0.4 is 14.8 Å². The van der Waals surface area contributed by atoms with Crippen molar-refractivity contribution in [2.24, 2.45) is 0 Å². The van der Waals surface area contributed by atoms with Crippen LogP contribution >= 0.6 is 0 Å². The summed E-state index contributed by atoms with van der Waals surface area (Å²) in [5, 5.41) is 11.1. The lowest BCUT2D eigenvalue weighted by atomic mass is 10.2. The van der Waals surface area contributed by atoms with Gasteiger partial charge in [0, 0.05) is 6.54 Å². The highest BCUT2D eigenvalue weighted by Gasteiger charge is 2.16. The standard InChI is InChI=1S/C17H25N5O3S/c1-13-12-14(6-7-15(13)25-4)26(23,24)21-17-9-8-16(19-20-17)18-10-5-11-22(2)3/h6-9,12H,5,10-11H2,1-4H3,(H,18,19)(H,20,21). The maximum absolute atomic E-state index is 12.5. The summed E-state index contributed by atoms with van der Waals surface area (Å²) in [6.07, 6.45) is 0.972. The molecule has 0 radical (unpaired) electrons. The number of benzene rings is 1. The average molecular weight is 379 g/mol. The van der Waals surface area contributed by atoms with E-state index in [-0.39, 0.29) is 10.7 Å². The molecule has 0 bridgehead atoms. The number of anilines is 2. The molecule has 1 aromatic heterocycles. The van der Waals surface area contributed by atoms with Crippen LogP contribution in [0.25, 0.3) is 0 Å². The van der Waals surface area contributed by atoms with E-state index >= 15 is 0 Å². The Morgan fingerprint density at radius 2 is 1.81 bits per heavy atom. The molecule has 2 aromatic rings. The van der Waals surface area contributed by atoms with Crippen molar-refractivity contribution in [3.63, 3.8) is 0 Å². The zero-order valence-electron chi connectivity index (χ0n) is 15.5. The normalized spacial score (nSPS) is 11.4. The van der Waals surface area contributed by atoms with E-state index in [0.717, 1.165) is 25.1 Å². The Balaban J connectivity index is 2.00. The first kappa shape index (κ1) is 19.9. The van der Waals surface area contributed by atoms with Crippen LogP contribution in [0.4, 0.5) is 11.6 Å². The summed E-state index contributed by atoms with van der Waals surface area (Å²) >= 11 is 0. The molecule has 0 fully saturated rings. The number of hydrogen-bond acceptors (Lipinski definition) is 7. The molecule has 0 unspecified atom stereocenters. The Morgan fingerprint density at radius 1 is 1.12 bits per heavy atom. The molecule has 142 valence electrons. The molecule has 0 saturated carbocycles. The number of nitrogens with zero attached hydrogens (tertiary/aromatic N) is 3. The van der Waals surface area contributed by atoms with Gasteiger partial charge in [0.05, 0.1) is 12.0 Å². The van der Waals surface area contributed by atoms with Crippen molar-refractivity contribution in [3.8, 4) is 5.75 Å². The van der Waals surface area contributed by atoms with Crippen molar-refractivity contribution in [3.05, 3.63) is 35.9 Å². The Hall–Kier alpha value is -2.39. The second-order valence-corrected chi connectivity index (χ2v) is 7.81. The summed E-state index contributed by atoms with van der Waals surface area (Å²) in [6.45, 7) is 3.52. The summed E-state index contributed by atoms with van der Waals surface area (Å²) in [6, 6.07) is 7.93. The monoisotopic (exact) mass is 379 g/mol. The third-order valence-electron chi connectivity index (χ3n) is 3.67. The molecule has 0 aliphatic heterocycles. The van der Waals surface area contributed by atoms with Crippen LogP contribution in [0.3, 0.4) is 0 Å². The van der Waals surface area contributed by atoms with Gasteiger partial charge in [-0.3, -0.25) is 4.72 Å². The van der Waals surface area contributed by atoms with Crippen molar-refractivity contribution < 1.29 is 13.2 Å². The highest BCUT2D eigenvalue weighted by atomic mass is 32.2. The first-order chi connectivity index (χ1) is 12.3. The van der Waals surface area contributed by atoms with E-state index in [2.05, 4.69) is 25.1 Å². The van der Waals surface area contributed by atoms with Crippen molar-refractivity contribution in [1.29, 1.82) is 0 Å². The lowest BCUT2D eigenvalue weighted by Crippen LogP contribution is -2.17. The van der Waals surface area contributed by atoms with Crippen LogP contribution in [0.1, 0.15) is 12.0 Å². The smallest absolute Gasteiger partial charge is 0.263 e. The van der Waals surface area contributed by atoms with Crippen LogP contribution in [0.15, 0.2) is 35.2 Å². The fourth-order valence-electron chi connectivity index (χ4n) is 2.31. The summed E-state index contributed by atoms with van der Waals surface area (Å²) in [4.78, 5) is 2.25. The number of ether oxygens (including phenoxy) is 1. The fourth-order valence-corrected chi connectivity index (χ4v) is 3.39. The zero-order chi connectivity index (χ0) is 19.2. The van der Waals surface area contributed by atoms with Gasteiger partial charge in [-0.05, 0) is 69.9 Å². The summed E-state index contributed by atoms with van der Waals surface area (Å²) in [5.41, 5.74) is 0.735. The second kappa shape index (κ2) is 8.81. The maximum Gasteiger partial charge on any atom is 0.263 e. The number of sulfonamides is 1. The second-order valence-electron chi connectivity index (χ2n) is 6.12. The van der Waals surface area contributed by atoms with Crippen molar-refractivity contribution in [2.45, 2.75) is 18.2 Å². The number of methoxy groups -OCH3 is 1. The van der Waals surface area contributed by atoms with Crippen LogP contribution in [0, 0.1) is 6.92 Å². The molecule has 26 heavy (non-hydrogen) atoms. The van der Waals surface area contributed by atoms with E-state index in [0.29, 0.717) is 11.6 Å². The minimum Gasteiger partial charge on any atom is -0.496 e. The lowest BCUT2D eigenvalue weighted by molar-refractivity contribution is 0.405. The van der Waals surface area contributed by atoms with Crippen molar-refractivity contribution >= 4 is 21.7 Å². The molecule has 0 spiro atoms. The molecule has 1 heterocycles. The number of nitrogens with one attached hydrogen (secondary N) is 2. The van der Waals surface area contributed by atoms with Gasteiger partial charge >= 0.3 is 0 Å². The van der Waals surface area contributed by atoms with Gasteiger partial charge in [-0.15, -0.1) is 10.2 Å². The Kier molecular flexibility index (Phi) is 6.76. The van der Waals surface area contributed by atoms with Gasteiger partial charge in [0.2, 0.25) is 0 Å². The number of aromatic nitrogens is 2. The number of aryl methyl sites for hydroxylation is 1. The third kappa shape index (κ3) is 5.57. The van der Waals surface area contributed by atoms with Gasteiger partial charge in [0.25, 0.3) is 10.0 Å². The van der Waals surface area contributed by atoms with Gasteiger partial charge in [-0.1, -0.05) is 0 Å². The predicted octanol–water partition coefficient (Wildman–Crippen LogP) is 1.96. The molecule has 0 amide bonds. The third-order valence-corrected chi connectivity index (χ3v) is 5.02. The Labute approximate surface area is 154 Å². The molecule has 0 saturated heterocycles. The van der Waals surface area contributed by atoms with E-state index < -0.39 is 10.0 Å². The van der Waals surface area contributed by atoms with Crippen LogP contribution in [0.2, 0.25) is 0 Å². The van der Waals surface area contributed by atoms with Gasteiger partial charge in [0.15, 0.2) is 5.82 Å². The van der Waals surface area contributed by atoms with Crippen molar-refractivity contribution in [2.75, 3.05) is 44.3 Å². The SMILES string of the molecule is COc1ccc(S(=O)(=O)Nc2ccc(NCCCN(C)C)nn2)cc1C. The Bertz CT molecular complexity index is 823. The van der Waals surface area contributed by atoms with Crippen LogP contribution in [-0.2, 0) is 10.0 Å². The molecule has 0 aliphatic carbocycles. The van der Waals surface area contributed by atoms with Crippen molar-refractivity contribution in [1.82, 2.24) is 15.1 Å². The molecular formula is C17H25N5O3S. The summed E-state index contributed by atoms with van der Waals surface area (Å²) < 4.78 is 32.5. The average Bonchev–Trinajstić information content (AvgIpc) is 2.59. The molecule has 1 aromatic carbocycles. The first-order valence-electron chi connectivity index (χ1n) is 8.21. The largest absolute Gasteiger partial charge is 0.496 e. The Morgan fingerprint density at radius 3 is 2.38 bits per heavy atom. The molecule has 2 N–H and O–H groups in total. The molecular weight excluding hydrogens is 354 g/mol. The minimum atomic E-state index is -3.74. The van der Waals surface area contributed by atoms with Gasteiger partial charge in [0.1, 0.15) is 11.6 Å². The van der Waals surface area contributed by atoms with Gasteiger partial charge in [-0.2, -0.15) is 0 Å². The first-order valence-corrected chi connectivity index (χ1v) is 9.70. The van der Waals surface area contributed by atoms with Crippen LogP contribution in [-0.4, -0.2) is 57.8 Å². The quantitative estimate of drug-likeness (QED) is 0.643. The van der Waals surface area contributed by atoms with E-state index in [9.17, 15) is 8.42 Å². The highest BCUT2D eigenvalue weighted by Crippen LogP contribution is 2.22. The van der Waals surface area contributed by atoms with Gasteiger partial charge < -0.3 is 15.0 Å². The number of rotatable bonds is 9. The molecule has 2 rings (SSSR count). The predicted molar refractivity (Wildman–Crippen MR) is 102 cm³/mol. The minimum absolute atomic E-state index is 0.142. The molecule has 8 nitrogen and oxygen atoms in total. The topological polar surface area (TPSA) is 96.5 Å².